The van der Waals surface area contributed by atoms with Crippen LogP contribution in [0.25, 0.3) is 0 Å². The SMILES string of the molecule is CC.CCC.Cc1ccc(N2C(=O)c3ccc(Oc4ccc(C(C)(C)c5ccc(Oc6ccc7c(c6)C(=O)N(C)C7=O)cc5)cc4)cc3C2=O)cc1. The minimum atomic E-state index is -0.375. The van der Waals surface area contributed by atoms with Crippen molar-refractivity contribution in [2.45, 2.75) is 60.3 Å². The van der Waals surface area contributed by atoms with Gasteiger partial charge in [-0.1, -0.05) is 89.9 Å². The average Bonchev–Trinajstić information content (AvgIpc) is 3.52. The molecule has 52 heavy (non-hydrogen) atoms. The number of hydrogen-bond donors (Lipinski definition) is 0. The summed E-state index contributed by atoms with van der Waals surface area (Å²) in [7, 11) is 1.47. The Bertz CT molecular complexity index is 2120. The summed E-state index contributed by atoms with van der Waals surface area (Å²) >= 11 is 0. The normalized spacial score (nSPS) is 13.2. The highest BCUT2D eigenvalue weighted by atomic mass is 16.5. The van der Waals surface area contributed by atoms with E-state index in [1.54, 1.807) is 48.5 Å². The Morgan fingerprint density at radius 1 is 0.519 bits per heavy atom. The molecule has 2 aliphatic rings. The van der Waals surface area contributed by atoms with Crippen LogP contribution in [0, 0.1) is 6.92 Å². The molecule has 8 heteroatoms. The van der Waals surface area contributed by atoms with E-state index in [0.29, 0.717) is 50.9 Å². The van der Waals surface area contributed by atoms with Crippen LogP contribution in [-0.4, -0.2) is 35.6 Å². The fourth-order valence-electron chi connectivity index (χ4n) is 5.93. The molecule has 7 rings (SSSR count). The summed E-state index contributed by atoms with van der Waals surface area (Å²) in [4.78, 5) is 53.0. The number of fused-ring (bicyclic) bond motifs is 2. The number of hydrogen-bond acceptors (Lipinski definition) is 6. The van der Waals surface area contributed by atoms with Gasteiger partial charge in [-0.15, -0.1) is 0 Å². The lowest BCUT2D eigenvalue weighted by Crippen LogP contribution is -2.29. The van der Waals surface area contributed by atoms with Crippen molar-refractivity contribution in [2.24, 2.45) is 0 Å². The summed E-state index contributed by atoms with van der Waals surface area (Å²) in [5, 5.41) is 0. The Balaban J connectivity index is 0.000000995. The van der Waals surface area contributed by atoms with Crippen LogP contribution in [0.1, 0.15) is 106 Å². The van der Waals surface area contributed by atoms with Gasteiger partial charge in [-0.05, 0) is 90.8 Å². The first-order chi connectivity index (χ1) is 24.9. The topological polar surface area (TPSA) is 93.2 Å². The standard InChI is InChI=1S/C39H30N2O6.C3H8.C2H6/c1-23-5-11-26(12-6-23)41-37(44)32-20-18-30(22-34(32)38(41)45)47-28-15-9-25(10-16-28)39(2,3)24-7-13-27(14-8-24)46-29-17-19-31-33(21-29)36(43)40(4)35(31)42;1-3-2;1-2/h5-22H,1-4H3;3H2,1-2H3;1-2H3. The number of anilines is 1. The highest BCUT2D eigenvalue weighted by Gasteiger charge is 2.37. The number of carbonyl (C=O) groups is 4. The van der Waals surface area contributed by atoms with E-state index in [1.807, 2.05) is 81.4 Å². The number of benzene rings is 5. The molecule has 0 unspecified atom stereocenters. The molecule has 0 N–H and O–H groups in total. The Hall–Kier alpha value is -6.02. The summed E-state index contributed by atoms with van der Waals surface area (Å²) in [6.07, 6.45) is 1.25. The lowest BCUT2D eigenvalue weighted by molar-refractivity contribution is 0.0692. The van der Waals surface area contributed by atoms with E-state index in [1.165, 1.54) is 18.4 Å². The fourth-order valence-corrected chi connectivity index (χ4v) is 5.93. The van der Waals surface area contributed by atoms with Gasteiger partial charge in [0.1, 0.15) is 23.0 Å². The van der Waals surface area contributed by atoms with Gasteiger partial charge < -0.3 is 9.47 Å². The Morgan fingerprint density at radius 3 is 1.35 bits per heavy atom. The van der Waals surface area contributed by atoms with Crippen LogP contribution in [0.3, 0.4) is 0 Å². The van der Waals surface area contributed by atoms with Crippen LogP contribution in [0.2, 0.25) is 0 Å². The third-order valence-electron chi connectivity index (χ3n) is 8.83. The van der Waals surface area contributed by atoms with Crippen molar-refractivity contribution < 1.29 is 28.7 Å². The van der Waals surface area contributed by atoms with E-state index in [2.05, 4.69) is 27.7 Å². The highest BCUT2D eigenvalue weighted by molar-refractivity contribution is 6.34. The van der Waals surface area contributed by atoms with Gasteiger partial charge in [-0.3, -0.25) is 24.1 Å². The molecule has 0 saturated carbocycles. The second-order valence-corrected chi connectivity index (χ2v) is 13.0. The molecule has 2 heterocycles. The van der Waals surface area contributed by atoms with Crippen LogP contribution < -0.4 is 14.4 Å². The first kappa shape index (κ1) is 37.2. The van der Waals surface area contributed by atoms with Gasteiger partial charge in [0.05, 0.1) is 27.9 Å². The number of carbonyl (C=O) groups excluding carboxylic acids is 4. The van der Waals surface area contributed by atoms with Crippen LogP contribution in [0.15, 0.2) is 109 Å². The maximum absolute atomic E-state index is 13.2. The quantitative estimate of drug-likeness (QED) is 0.157. The van der Waals surface area contributed by atoms with Crippen LogP contribution >= 0.6 is 0 Å². The zero-order valence-corrected chi connectivity index (χ0v) is 30.9. The largest absolute Gasteiger partial charge is 0.457 e. The van der Waals surface area contributed by atoms with E-state index in [-0.39, 0.29) is 29.0 Å². The Morgan fingerprint density at radius 2 is 0.885 bits per heavy atom. The molecule has 0 radical (unpaired) electrons. The molecule has 5 aromatic carbocycles. The molecule has 266 valence electrons. The smallest absolute Gasteiger partial charge is 0.266 e. The van der Waals surface area contributed by atoms with Crippen LogP contribution in [-0.2, 0) is 5.41 Å². The fraction of sp³-hybridized carbons (Fsp3) is 0.227. The number of aryl methyl sites for hydroxylation is 1. The van der Waals surface area contributed by atoms with E-state index in [4.69, 9.17) is 9.47 Å². The number of rotatable bonds is 7. The third-order valence-corrected chi connectivity index (χ3v) is 8.83. The molecule has 2 aliphatic heterocycles. The number of ether oxygens (including phenoxy) is 2. The number of amides is 4. The van der Waals surface area contributed by atoms with Gasteiger partial charge >= 0.3 is 0 Å². The van der Waals surface area contributed by atoms with Gasteiger partial charge in [-0.2, -0.15) is 0 Å². The minimum absolute atomic E-state index is 0.311. The molecule has 0 bridgehead atoms. The molecule has 5 aromatic rings. The van der Waals surface area contributed by atoms with E-state index >= 15 is 0 Å². The monoisotopic (exact) mass is 696 g/mol. The van der Waals surface area contributed by atoms with Crippen molar-refractivity contribution in [3.05, 3.63) is 148 Å². The molecule has 0 aromatic heterocycles. The average molecular weight is 697 g/mol. The number of nitrogens with zero attached hydrogens (tertiary/aromatic N) is 2. The van der Waals surface area contributed by atoms with Crippen molar-refractivity contribution in [3.8, 4) is 23.0 Å². The zero-order chi connectivity index (χ0) is 37.7. The molecule has 0 aliphatic carbocycles. The zero-order valence-electron chi connectivity index (χ0n) is 30.9. The molecule has 8 nitrogen and oxygen atoms in total. The van der Waals surface area contributed by atoms with Crippen molar-refractivity contribution in [1.29, 1.82) is 0 Å². The lowest BCUT2D eigenvalue weighted by Gasteiger charge is -2.26. The third kappa shape index (κ3) is 7.23. The first-order valence-corrected chi connectivity index (χ1v) is 17.6. The second-order valence-electron chi connectivity index (χ2n) is 13.0. The van der Waals surface area contributed by atoms with Crippen LogP contribution in [0.5, 0.6) is 23.0 Å². The van der Waals surface area contributed by atoms with Gasteiger partial charge in [0.2, 0.25) is 0 Å². The van der Waals surface area contributed by atoms with E-state index in [0.717, 1.165) is 21.6 Å². The molecular formula is C44H44N2O6. The van der Waals surface area contributed by atoms with Crippen molar-refractivity contribution in [2.75, 3.05) is 11.9 Å². The number of imide groups is 2. The van der Waals surface area contributed by atoms with Gasteiger partial charge in [0, 0.05) is 12.5 Å². The maximum atomic E-state index is 13.2. The summed E-state index contributed by atoms with van der Waals surface area (Å²) in [5.41, 5.74) is 4.73. The summed E-state index contributed by atoms with van der Waals surface area (Å²) in [6, 6.07) is 32.6. The molecule has 0 atom stereocenters. The first-order valence-electron chi connectivity index (χ1n) is 17.6. The summed E-state index contributed by atoms with van der Waals surface area (Å²) in [6.45, 7) is 14.5. The van der Waals surface area contributed by atoms with Gasteiger partial charge in [-0.25, -0.2) is 4.90 Å². The van der Waals surface area contributed by atoms with Crippen LogP contribution in [0.4, 0.5) is 5.69 Å². The molecule has 0 saturated heterocycles. The Labute approximate surface area is 305 Å². The predicted octanol–water partition coefficient (Wildman–Crippen LogP) is 10.4. The predicted molar refractivity (Wildman–Crippen MR) is 204 cm³/mol. The van der Waals surface area contributed by atoms with Crippen molar-refractivity contribution in [3.63, 3.8) is 0 Å². The van der Waals surface area contributed by atoms with E-state index in [9.17, 15) is 19.2 Å². The lowest BCUT2D eigenvalue weighted by atomic mass is 9.78. The van der Waals surface area contributed by atoms with E-state index < -0.39 is 0 Å². The molecule has 0 fully saturated rings. The summed E-state index contributed by atoms with van der Waals surface area (Å²) < 4.78 is 12.1. The van der Waals surface area contributed by atoms with Crippen molar-refractivity contribution >= 4 is 29.3 Å². The second kappa shape index (κ2) is 15.5. The maximum Gasteiger partial charge on any atom is 0.266 e. The highest BCUT2D eigenvalue weighted by Crippen LogP contribution is 2.37. The molecule has 0 spiro atoms. The molecule has 4 amide bonds. The minimum Gasteiger partial charge on any atom is -0.457 e. The Kier molecular flexibility index (Phi) is 11.1. The van der Waals surface area contributed by atoms with Gasteiger partial charge in [0.15, 0.2) is 0 Å². The summed E-state index contributed by atoms with van der Waals surface area (Å²) in [5.74, 6) is 0.765. The van der Waals surface area contributed by atoms with Gasteiger partial charge in [0.25, 0.3) is 23.6 Å². The van der Waals surface area contributed by atoms with Crippen molar-refractivity contribution in [1.82, 2.24) is 4.90 Å². The molecular weight excluding hydrogens is 652 g/mol.